The number of halogens is 2. The molecule has 0 bridgehead atoms. The number of rotatable bonds is 8. The number of methoxy groups -OCH3 is 2. The van der Waals surface area contributed by atoms with Crippen LogP contribution in [0.4, 0.5) is 0 Å². The van der Waals surface area contributed by atoms with Crippen molar-refractivity contribution in [3.8, 4) is 17.2 Å². The Hall–Kier alpha value is -3.22. The number of hydrogen-bond donors (Lipinski definition) is 1. The van der Waals surface area contributed by atoms with Crippen LogP contribution < -0.4 is 19.6 Å². The van der Waals surface area contributed by atoms with Crippen LogP contribution in [0.15, 0.2) is 59.7 Å². The average Bonchev–Trinajstić information content (AvgIpc) is 2.79. The zero-order valence-corrected chi connectivity index (χ0v) is 19.3. The van der Waals surface area contributed by atoms with Gasteiger partial charge < -0.3 is 14.2 Å². The summed E-state index contributed by atoms with van der Waals surface area (Å²) in [5.41, 5.74) is 5.50. The highest BCUT2D eigenvalue weighted by Gasteiger charge is 2.11. The summed E-state index contributed by atoms with van der Waals surface area (Å²) in [5, 5.41) is 4.99. The molecule has 3 aromatic carbocycles. The van der Waals surface area contributed by atoms with Gasteiger partial charge in [-0.1, -0.05) is 35.3 Å². The molecule has 3 rings (SSSR count). The number of hydrogen-bond acceptors (Lipinski definition) is 5. The molecule has 32 heavy (non-hydrogen) atoms. The number of nitrogens with zero attached hydrogens (tertiary/aromatic N) is 1. The van der Waals surface area contributed by atoms with Gasteiger partial charge in [-0.3, -0.25) is 4.79 Å². The van der Waals surface area contributed by atoms with E-state index < -0.39 is 0 Å². The van der Waals surface area contributed by atoms with Crippen molar-refractivity contribution >= 4 is 35.3 Å². The van der Waals surface area contributed by atoms with E-state index in [0.29, 0.717) is 39.5 Å². The highest BCUT2D eigenvalue weighted by molar-refractivity contribution is 6.42. The molecule has 0 fully saturated rings. The summed E-state index contributed by atoms with van der Waals surface area (Å²) in [6.07, 6.45) is 1.52. The molecule has 3 aromatic rings. The van der Waals surface area contributed by atoms with Crippen LogP contribution >= 0.6 is 23.2 Å². The fourth-order valence-corrected chi connectivity index (χ4v) is 3.21. The normalized spacial score (nSPS) is 10.8. The van der Waals surface area contributed by atoms with Crippen molar-refractivity contribution < 1.29 is 19.0 Å². The third kappa shape index (κ3) is 5.93. The van der Waals surface area contributed by atoms with E-state index in [9.17, 15) is 4.79 Å². The molecule has 0 saturated carbocycles. The molecule has 0 aliphatic rings. The van der Waals surface area contributed by atoms with Gasteiger partial charge in [-0.25, -0.2) is 5.43 Å². The maximum atomic E-state index is 12.4. The van der Waals surface area contributed by atoms with Crippen LogP contribution in [0.3, 0.4) is 0 Å². The minimum absolute atomic E-state index is 0.301. The Labute approximate surface area is 196 Å². The molecule has 0 saturated heterocycles. The van der Waals surface area contributed by atoms with E-state index in [1.54, 1.807) is 49.6 Å². The Balaban J connectivity index is 1.65. The standard InChI is InChI=1S/C24H22Cl2N2O4/c1-15-4-7-18(22(10-15)30-2)24(29)28-27-13-16-6-9-21(23(12-16)31-3)32-14-17-5-8-19(25)20(26)11-17/h4-13H,14H2,1-3H3,(H,28,29)/b27-13+. The summed E-state index contributed by atoms with van der Waals surface area (Å²) < 4.78 is 16.5. The molecule has 0 aliphatic heterocycles. The summed E-state index contributed by atoms with van der Waals surface area (Å²) in [7, 11) is 3.07. The number of carbonyl (C=O) groups is 1. The fourth-order valence-electron chi connectivity index (χ4n) is 2.89. The summed E-state index contributed by atoms with van der Waals surface area (Å²) in [5.74, 6) is 1.21. The molecule has 0 unspecified atom stereocenters. The van der Waals surface area contributed by atoms with Gasteiger partial charge in [-0.15, -0.1) is 0 Å². The smallest absolute Gasteiger partial charge is 0.275 e. The second kappa shape index (κ2) is 10.9. The maximum Gasteiger partial charge on any atom is 0.275 e. The number of nitrogens with one attached hydrogen (secondary N) is 1. The van der Waals surface area contributed by atoms with E-state index in [1.807, 2.05) is 19.1 Å². The fraction of sp³-hybridized carbons (Fsp3) is 0.167. The van der Waals surface area contributed by atoms with Gasteiger partial charge in [0.15, 0.2) is 11.5 Å². The molecular formula is C24H22Cl2N2O4. The minimum Gasteiger partial charge on any atom is -0.496 e. The molecule has 1 amide bonds. The monoisotopic (exact) mass is 472 g/mol. The molecule has 0 heterocycles. The lowest BCUT2D eigenvalue weighted by Gasteiger charge is -2.12. The van der Waals surface area contributed by atoms with Gasteiger partial charge in [0.1, 0.15) is 12.4 Å². The predicted molar refractivity (Wildman–Crippen MR) is 127 cm³/mol. The molecular weight excluding hydrogens is 451 g/mol. The minimum atomic E-state index is -0.369. The Morgan fingerprint density at radius 3 is 2.44 bits per heavy atom. The highest BCUT2D eigenvalue weighted by atomic mass is 35.5. The highest BCUT2D eigenvalue weighted by Crippen LogP contribution is 2.29. The number of ether oxygens (including phenoxy) is 3. The van der Waals surface area contributed by atoms with Crippen molar-refractivity contribution in [1.82, 2.24) is 5.43 Å². The van der Waals surface area contributed by atoms with E-state index in [-0.39, 0.29) is 5.91 Å². The van der Waals surface area contributed by atoms with E-state index in [1.165, 1.54) is 13.3 Å². The summed E-state index contributed by atoms with van der Waals surface area (Å²) in [6.45, 7) is 2.23. The van der Waals surface area contributed by atoms with Gasteiger partial charge in [0.25, 0.3) is 5.91 Å². The lowest BCUT2D eigenvalue weighted by atomic mass is 10.1. The molecule has 0 spiro atoms. The second-order valence-corrected chi connectivity index (χ2v) is 7.66. The number of carbonyl (C=O) groups excluding carboxylic acids is 1. The van der Waals surface area contributed by atoms with Crippen molar-refractivity contribution in [2.24, 2.45) is 5.10 Å². The van der Waals surface area contributed by atoms with Crippen molar-refractivity contribution in [3.63, 3.8) is 0 Å². The average molecular weight is 473 g/mol. The zero-order chi connectivity index (χ0) is 23.1. The maximum absolute atomic E-state index is 12.4. The third-order valence-electron chi connectivity index (χ3n) is 4.55. The van der Waals surface area contributed by atoms with Gasteiger partial charge in [-0.2, -0.15) is 5.10 Å². The van der Waals surface area contributed by atoms with Gasteiger partial charge in [0.2, 0.25) is 0 Å². The van der Waals surface area contributed by atoms with Crippen LogP contribution in [0.2, 0.25) is 10.0 Å². The quantitative estimate of drug-likeness (QED) is 0.339. The Kier molecular flexibility index (Phi) is 7.98. The van der Waals surface area contributed by atoms with Crippen LogP contribution in [0.25, 0.3) is 0 Å². The van der Waals surface area contributed by atoms with Crippen LogP contribution in [0, 0.1) is 6.92 Å². The molecule has 0 aliphatic carbocycles. The Morgan fingerprint density at radius 2 is 1.72 bits per heavy atom. The number of amides is 1. The predicted octanol–water partition coefficient (Wildman–Crippen LogP) is 5.66. The van der Waals surface area contributed by atoms with Crippen LogP contribution in [0.1, 0.15) is 27.0 Å². The summed E-state index contributed by atoms with van der Waals surface area (Å²) >= 11 is 12.0. The van der Waals surface area contributed by atoms with Gasteiger partial charge in [0.05, 0.1) is 36.0 Å². The number of aryl methyl sites for hydroxylation is 1. The van der Waals surface area contributed by atoms with E-state index in [4.69, 9.17) is 37.4 Å². The molecule has 166 valence electrons. The van der Waals surface area contributed by atoms with Crippen molar-refractivity contribution in [2.45, 2.75) is 13.5 Å². The third-order valence-corrected chi connectivity index (χ3v) is 5.29. The van der Waals surface area contributed by atoms with Crippen molar-refractivity contribution in [1.29, 1.82) is 0 Å². The van der Waals surface area contributed by atoms with Crippen LogP contribution in [-0.4, -0.2) is 26.3 Å². The van der Waals surface area contributed by atoms with Gasteiger partial charge in [-0.05, 0) is 66.1 Å². The van der Waals surface area contributed by atoms with Gasteiger partial charge >= 0.3 is 0 Å². The SMILES string of the molecule is COc1cc(/C=N/NC(=O)c2ccc(C)cc2OC)ccc1OCc1ccc(Cl)c(Cl)c1. The van der Waals surface area contributed by atoms with Crippen LogP contribution in [0.5, 0.6) is 17.2 Å². The van der Waals surface area contributed by atoms with Crippen molar-refractivity contribution in [2.75, 3.05) is 14.2 Å². The van der Waals surface area contributed by atoms with E-state index >= 15 is 0 Å². The zero-order valence-electron chi connectivity index (χ0n) is 17.8. The lowest BCUT2D eigenvalue weighted by molar-refractivity contribution is 0.0952. The molecule has 0 atom stereocenters. The first-order valence-corrected chi connectivity index (χ1v) is 10.4. The van der Waals surface area contributed by atoms with E-state index in [0.717, 1.165) is 16.7 Å². The Morgan fingerprint density at radius 1 is 0.938 bits per heavy atom. The molecule has 1 N–H and O–H groups in total. The van der Waals surface area contributed by atoms with Crippen molar-refractivity contribution in [3.05, 3.63) is 86.9 Å². The second-order valence-electron chi connectivity index (χ2n) is 6.85. The summed E-state index contributed by atoms with van der Waals surface area (Å²) in [6, 6.07) is 16.0. The first-order chi connectivity index (χ1) is 15.4. The lowest BCUT2D eigenvalue weighted by Crippen LogP contribution is -2.18. The Bertz CT molecular complexity index is 1150. The van der Waals surface area contributed by atoms with Gasteiger partial charge in [0, 0.05) is 0 Å². The summed E-state index contributed by atoms with van der Waals surface area (Å²) in [4.78, 5) is 12.4. The van der Waals surface area contributed by atoms with E-state index in [2.05, 4.69) is 10.5 Å². The molecule has 0 aromatic heterocycles. The number of hydrazone groups is 1. The first kappa shape index (κ1) is 23.4. The molecule has 6 nitrogen and oxygen atoms in total. The molecule has 0 radical (unpaired) electrons. The topological polar surface area (TPSA) is 69.2 Å². The van der Waals surface area contributed by atoms with Crippen LogP contribution in [-0.2, 0) is 6.61 Å². The first-order valence-electron chi connectivity index (χ1n) is 9.64. The number of benzene rings is 3. The molecule has 8 heteroatoms. The largest absolute Gasteiger partial charge is 0.496 e.